The Morgan fingerprint density at radius 3 is 1.36 bits per heavy atom. The number of aldehydes is 1. The lowest BCUT2D eigenvalue weighted by molar-refractivity contribution is -0.106. The van der Waals surface area contributed by atoms with E-state index in [4.69, 9.17) is 27.4 Å². The second kappa shape index (κ2) is 12.2. The molecule has 0 aromatic carbocycles. The van der Waals surface area contributed by atoms with Gasteiger partial charge >= 0.3 is 10.4 Å². The fourth-order valence-corrected chi connectivity index (χ4v) is 0. The van der Waals surface area contributed by atoms with Gasteiger partial charge in [-0.3, -0.25) is 9.11 Å². The van der Waals surface area contributed by atoms with Crippen LogP contribution in [-0.2, 0) is 15.2 Å². The zero-order valence-corrected chi connectivity index (χ0v) is 7.08. The van der Waals surface area contributed by atoms with Crippen LogP contribution in [0.15, 0.2) is 0 Å². The molecule has 0 rings (SSSR count). The monoisotopic (exact) mass is 188 g/mol. The summed E-state index contributed by atoms with van der Waals surface area (Å²) in [5, 5.41) is 7.57. The molecule has 0 fully saturated rings. The van der Waals surface area contributed by atoms with E-state index in [0.29, 0.717) is 0 Å². The predicted octanol–water partition coefficient (Wildman–Crippen LogP) is -0.449. The summed E-state index contributed by atoms with van der Waals surface area (Å²) in [5.41, 5.74) is 0. The SMILES string of the molecule is CC=O.CCO.O=S(=O)(O)O. The quantitative estimate of drug-likeness (QED) is 0.350. The molecule has 0 aromatic heterocycles. The van der Waals surface area contributed by atoms with Crippen molar-refractivity contribution in [3.8, 4) is 0 Å². The van der Waals surface area contributed by atoms with E-state index in [-0.39, 0.29) is 6.61 Å². The summed E-state index contributed by atoms with van der Waals surface area (Å²) in [5.74, 6) is 0. The van der Waals surface area contributed by atoms with Crippen LogP contribution in [0.1, 0.15) is 13.8 Å². The largest absolute Gasteiger partial charge is 0.397 e. The third kappa shape index (κ3) is 2140. The summed E-state index contributed by atoms with van der Waals surface area (Å²) in [4.78, 5) is 8.81. The molecule has 0 radical (unpaired) electrons. The maximum absolute atomic E-state index is 8.81. The highest BCUT2D eigenvalue weighted by Gasteiger charge is 1.84. The first-order chi connectivity index (χ1) is 4.83. The molecule has 0 aliphatic rings. The van der Waals surface area contributed by atoms with E-state index in [0.717, 1.165) is 6.29 Å². The molecule has 0 aromatic rings. The van der Waals surface area contributed by atoms with Crippen molar-refractivity contribution in [3.05, 3.63) is 0 Å². The molecule has 3 N–H and O–H groups in total. The fraction of sp³-hybridized carbons (Fsp3) is 0.750. The van der Waals surface area contributed by atoms with E-state index in [2.05, 4.69) is 0 Å². The topological polar surface area (TPSA) is 112 Å². The van der Waals surface area contributed by atoms with Crippen molar-refractivity contribution in [2.24, 2.45) is 0 Å². The van der Waals surface area contributed by atoms with Crippen LogP contribution in [0.5, 0.6) is 0 Å². The van der Waals surface area contributed by atoms with Gasteiger partial charge in [0.25, 0.3) is 0 Å². The van der Waals surface area contributed by atoms with Gasteiger partial charge in [0.05, 0.1) is 0 Å². The molecular weight excluding hydrogens is 176 g/mol. The smallest absolute Gasteiger partial charge is 0.394 e. The number of hydrogen-bond donors (Lipinski definition) is 3. The molecular formula is C4H12O6S. The van der Waals surface area contributed by atoms with Crippen molar-refractivity contribution in [1.29, 1.82) is 0 Å². The molecule has 0 bridgehead atoms. The molecule has 0 spiro atoms. The number of carbonyl (C=O) groups excluding carboxylic acids is 1. The van der Waals surface area contributed by atoms with Crippen LogP contribution in [0.2, 0.25) is 0 Å². The maximum Gasteiger partial charge on any atom is 0.394 e. The molecule has 0 amide bonds. The van der Waals surface area contributed by atoms with E-state index >= 15 is 0 Å². The van der Waals surface area contributed by atoms with Crippen LogP contribution in [0.4, 0.5) is 0 Å². The summed E-state index contributed by atoms with van der Waals surface area (Å²) < 4.78 is 31.6. The summed E-state index contributed by atoms with van der Waals surface area (Å²) in [6.07, 6.45) is 0.750. The van der Waals surface area contributed by atoms with Gasteiger partial charge in [0.15, 0.2) is 0 Å². The summed E-state index contributed by atoms with van der Waals surface area (Å²) in [6, 6.07) is 0. The first kappa shape index (κ1) is 16.8. The van der Waals surface area contributed by atoms with Gasteiger partial charge in [0, 0.05) is 6.61 Å². The molecule has 0 saturated heterocycles. The van der Waals surface area contributed by atoms with Gasteiger partial charge < -0.3 is 9.90 Å². The molecule has 11 heavy (non-hydrogen) atoms. The standard InChI is InChI=1S/C2H6O.C2H4O.H2O4S/c2*1-2-3;1-5(2,3)4/h3H,2H2,1H3;2H,1H3;(H2,1,2,3,4). The fourth-order valence-electron chi connectivity index (χ4n) is 0. The van der Waals surface area contributed by atoms with Gasteiger partial charge in [-0.25, -0.2) is 0 Å². The van der Waals surface area contributed by atoms with Crippen LogP contribution < -0.4 is 0 Å². The van der Waals surface area contributed by atoms with E-state index in [1.54, 1.807) is 6.92 Å². The number of hydrogen-bond acceptors (Lipinski definition) is 4. The Hall–Kier alpha value is -0.500. The van der Waals surface area contributed by atoms with Crippen LogP contribution in [-0.4, -0.2) is 35.5 Å². The Morgan fingerprint density at radius 1 is 1.36 bits per heavy atom. The zero-order chi connectivity index (χ0) is 9.91. The Kier molecular flexibility index (Phi) is 18.7. The molecule has 0 aliphatic heterocycles. The van der Waals surface area contributed by atoms with Crippen LogP contribution >= 0.6 is 0 Å². The molecule has 70 valence electrons. The Morgan fingerprint density at radius 2 is 1.36 bits per heavy atom. The van der Waals surface area contributed by atoms with Gasteiger partial charge in [-0.1, -0.05) is 0 Å². The molecule has 7 heteroatoms. The lowest BCUT2D eigenvalue weighted by Gasteiger charge is -1.68. The number of carbonyl (C=O) groups is 1. The minimum absolute atomic E-state index is 0.250. The lowest BCUT2D eigenvalue weighted by Crippen LogP contribution is -1.89. The normalized spacial score (nSPS) is 8.09. The van der Waals surface area contributed by atoms with Crippen molar-refractivity contribution in [2.75, 3.05) is 6.61 Å². The van der Waals surface area contributed by atoms with Crippen molar-refractivity contribution in [3.63, 3.8) is 0 Å². The van der Waals surface area contributed by atoms with Crippen LogP contribution in [0.3, 0.4) is 0 Å². The third-order valence-corrected chi connectivity index (χ3v) is 0. The van der Waals surface area contributed by atoms with E-state index in [9.17, 15) is 0 Å². The second-order valence-electron chi connectivity index (χ2n) is 1.000. The second-order valence-corrected chi connectivity index (χ2v) is 1.90. The highest BCUT2D eigenvalue weighted by Crippen LogP contribution is 1.59. The first-order valence-corrected chi connectivity index (χ1v) is 3.93. The summed E-state index contributed by atoms with van der Waals surface area (Å²) in [6.45, 7) is 3.38. The first-order valence-electron chi connectivity index (χ1n) is 2.53. The highest BCUT2D eigenvalue weighted by molar-refractivity contribution is 7.79. The molecule has 0 heterocycles. The predicted molar refractivity (Wildman–Crippen MR) is 38.7 cm³/mol. The zero-order valence-electron chi connectivity index (χ0n) is 6.26. The number of aliphatic hydroxyl groups is 1. The van der Waals surface area contributed by atoms with E-state index < -0.39 is 10.4 Å². The molecule has 0 aliphatic carbocycles. The van der Waals surface area contributed by atoms with Gasteiger partial charge in [0.1, 0.15) is 6.29 Å². The lowest BCUT2D eigenvalue weighted by atomic mass is 10.9. The molecule has 6 nitrogen and oxygen atoms in total. The van der Waals surface area contributed by atoms with Crippen molar-refractivity contribution in [2.45, 2.75) is 13.8 Å². The van der Waals surface area contributed by atoms with Gasteiger partial charge in [0.2, 0.25) is 0 Å². The Balaban J connectivity index is -0.0000000933. The average Bonchev–Trinajstić information content (AvgIpc) is 1.62. The average molecular weight is 188 g/mol. The summed E-state index contributed by atoms with van der Waals surface area (Å²) in [7, 11) is -4.67. The van der Waals surface area contributed by atoms with Gasteiger partial charge in [-0.05, 0) is 13.8 Å². The Labute approximate surface area is 65.4 Å². The van der Waals surface area contributed by atoms with E-state index in [1.165, 1.54) is 6.92 Å². The van der Waals surface area contributed by atoms with Crippen molar-refractivity contribution in [1.82, 2.24) is 0 Å². The van der Waals surface area contributed by atoms with Crippen molar-refractivity contribution >= 4 is 16.7 Å². The highest BCUT2D eigenvalue weighted by atomic mass is 32.3. The Bertz CT molecular complexity index is 140. The third-order valence-electron chi connectivity index (χ3n) is 0. The van der Waals surface area contributed by atoms with Gasteiger partial charge in [-0.15, -0.1) is 0 Å². The van der Waals surface area contributed by atoms with Crippen molar-refractivity contribution < 1.29 is 27.4 Å². The number of aliphatic hydroxyl groups excluding tert-OH is 1. The minimum Gasteiger partial charge on any atom is -0.397 e. The molecule has 0 saturated carbocycles. The molecule has 0 unspecified atom stereocenters. The van der Waals surface area contributed by atoms with Gasteiger partial charge in [-0.2, -0.15) is 8.42 Å². The summed E-state index contributed by atoms with van der Waals surface area (Å²) >= 11 is 0. The van der Waals surface area contributed by atoms with E-state index in [1.807, 2.05) is 0 Å². The minimum atomic E-state index is -4.67. The van der Waals surface area contributed by atoms with Crippen LogP contribution in [0, 0.1) is 0 Å². The van der Waals surface area contributed by atoms with Crippen LogP contribution in [0.25, 0.3) is 0 Å². The molecule has 0 atom stereocenters. The maximum atomic E-state index is 8.81. The number of rotatable bonds is 0.